The van der Waals surface area contributed by atoms with E-state index in [2.05, 4.69) is 23.1 Å². The summed E-state index contributed by atoms with van der Waals surface area (Å²) in [5, 5.41) is 0. The predicted octanol–water partition coefficient (Wildman–Crippen LogP) is 4.97. The van der Waals surface area contributed by atoms with Crippen molar-refractivity contribution in [3.63, 3.8) is 0 Å². The number of benzene rings is 3. The van der Waals surface area contributed by atoms with Crippen LogP contribution in [0, 0.1) is 11.6 Å². The second-order valence-electron chi connectivity index (χ2n) is 7.55. The van der Waals surface area contributed by atoms with Crippen molar-refractivity contribution in [3.05, 3.63) is 101 Å². The first-order chi connectivity index (χ1) is 14.7. The number of rotatable bonds is 2. The zero-order valence-corrected chi connectivity index (χ0v) is 16.8. The van der Waals surface area contributed by atoms with Crippen LogP contribution in [0.4, 0.5) is 8.78 Å². The fraction of sp³-hybridized carbons (Fsp3) is 0.280. The molecule has 2 bridgehead atoms. The molecule has 0 fully saturated rings. The average molecular weight is 409 g/mol. The normalized spacial score (nSPS) is 15.7. The third-order valence-electron chi connectivity index (χ3n) is 5.17. The first-order valence-electron chi connectivity index (χ1n) is 10.2. The van der Waals surface area contributed by atoms with Gasteiger partial charge in [-0.2, -0.15) is 0 Å². The molecule has 0 saturated carbocycles. The third-order valence-corrected chi connectivity index (χ3v) is 5.17. The van der Waals surface area contributed by atoms with Crippen molar-refractivity contribution >= 4 is 0 Å². The molecule has 0 N–H and O–H groups in total. The van der Waals surface area contributed by atoms with Crippen LogP contribution in [0.2, 0.25) is 0 Å². The van der Waals surface area contributed by atoms with E-state index in [4.69, 9.17) is 9.47 Å². The molecule has 0 spiro atoms. The molecule has 0 unspecified atom stereocenters. The van der Waals surface area contributed by atoms with Crippen LogP contribution < -0.4 is 4.74 Å². The number of hydrogen-bond acceptors (Lipinski definition) is 3. The van der Waals surface area contributed by atoms with Crippen LogP contribution in [-0.4, -0.2) is 31.3 Å². The lowest BCUT2D eigenvalue weighted by Gasteiger charge is -2.23. The van der Waals surface area contributed by atoms with Gasteiger partial charge < -0.3 is 9.47 Å². The summed E-state index contributed by atoms with van der Waals surface area (Å²) in [6, 6.07) is 19.6. The van der Waals surface area contributed by atoms with E-state index in [-0.39, 0.29) is 11.6 Å². The van der Waals surface area contributed by atoms with Gasteiger partial charge in [0.25, 0.3) is 0 Å². The minimum absolute atomic E-state index is 0.229. The summed E-state index contributed by atoms with van der Waals surface area (Å²) in [7, 11) is 0. The van der Waals surface area contributed by atoms with Crippen LogP contribution in [0.3, 0.4) is 0 Å². The van der Waals surface area contributed by atoms with Crippen LogP contribution in [0.25, 0.3) is 0 Å². The molecule has 30 heavy (non-hydrogen) atoms. The highest BCUT2D eigenvalue weighted by Gasteiger charge is 2.12. The van der Waals surface area contributed by atoms with Gasteiger partial charge in [-0.1, -0.05) is 36.4 Å². The Morgan fingerprint density at radius 3 is 2.47 bits per heavy atom. The fourth-order valence-corrected chi connectivity index (χ4v) is 3.71. The van der Waals surface area contributed by atoms with Crippen molar-refractivity contribution in [1.29, 1.82) is 0 Å². The van der Waals surface area contributed by atoms with Gasteiger partial charge in [0, 0.05) is 31.6 Å². The number of ether oxygens (including phenoxy) is 2. The van der Waals surface area contributed by atoms with Crippen LogP contribution in [0.1, 0.15) is 22.3 Å². The third kappa shape index (κ3) is 5.65. The SMILES string of the molecule is Fc1ccc(CN2CCOCCOc3ccc(F)cc3Cc3cccc(c3)C2)cc1. The van der Waals surface area contributed by atoms with E-state index < -0.39 is 0 Å². The summed E-state index contributed by atoms with van der Waals surface area (Å²) < 4.78 is 38.7. The van der Waals surface area contributed by atoms with Gasteiger partial charge in [-0.05, 0) is 47.0 Å². The molecule has 1 aliphatic heterocycles. The summed E-state index contributed by atoms with van der Waals surface area (Å²) in [5.74, 6) is 0.198. The van der Waals surface area contributed by atoms with E-state index in [1.807, 2.05) is 18.2 Å². The van der Waals surface area contributed by atoms with Gasteiger partial charge in [0.15, 0.2) is 0 Å². The maximum atomic E-state index is 13.8. The molecule has 3 nitrogen and oxygen atoms in total. The lowest BCUT2D eigenvalue weighted by atomic mass is 10.0. The quantitative estimate of drug-likeness (QED) is 0.597. The number of nitrogens with zero attached hydrogens (tertiary/aromatic N) is 1. The van der Waals surface area contributed by atoms with Gasteiger partial charge in [0.2, 0.25) is 0 Å². The Kier molecular flexibility index (Phi) is 6.72. The van der Waals surface area contributed by atoms with E-state index in [0.29, 0.717) is 38.5 Å². The van der Waals surface area contributed by atoms with E-state index in [1.54, 1.807) is 6.07 Å². The standard InChI is InChI=1S/C25H25F2NO2/c26-23-6-4-19(5-7-23)17-28-10-11-29-12-13-30-25-9-8-24(27)16-22(25)15-20-2-1-3-21(14-20)18-28/h1-9,14,16H,10-13,15,17-18H2. The Labute approximate surface area is 175 Å². The predicted molar refractivity (Wildman–Crippen MR) is 112 cm³/mol. The van der Waals surface area contributed by atoms with Crippen molar-refractivity contribution in [2.75, 3.05) is 26.4 Å². The molecule has 3 aromatic rings. The van der Waals surface area contributed by atoms with Crippen LogP contribution in [0.15, 0.2) is 66.7 Å². The Morgan fingerprint density at radius 1 is 0.800 bits per heavy atom. The maximum Gasteiger partial charge on any atom is 0.123 e. The molecule has 0 radical (unpaired) electrons. The highest BCUT2D eigenvalue weighted by atomic mass is 19.1. The second kappa shape index (κ2) is 9.83. The highest BCUT2D eigenvalue weighted by molar-refractivity contribution is 5.39. The van der Waals surface area contributed by atoms with Gasteiger partial charge in [-0.25, -0.2) is 8.78 Å². The fourth-order valence-electron chi connectivity index (χ4n) is 3.71. The Hall–Kier alpha value is -2.76. The lowest BCUT2D eigenvalue weighted by Crippen LogP contribution is -2.27. The number of fused-ring (bicyclic) bond motifs is 3. The summed E-state index contributed by atoms with van der Waals surface area (Å²) in [6.45, 7) is 3.66. The molecule has 156 valence electrons. The molecule has 0 amide bonds. The molecule has 0 aromatic heterocycles. The molecule has 5 heteroatoms. The first-order valence-corrected chi connectivity index (χ1v) is 10.2. The zero-order chi connectivity index (χ0) is 20.8. The Bertz CT molecular complexity index is 975. The summed E-state index contributed by atoms with van der Waals surface area (Å²) >= 11 is 0. The molecule has 3 aromatic carbocycles. The van der Waals surface area contributed by atoms with Crippen molar-refractivity contribution in [2.45, 2.75) is 19.5 Å². The minimum atomic E-state index is -0.267. The zero-order valence-electron chi connectivity index (χ0n) is 16.8. The van der Waals surface area contributed by atoms with E-state index in [1.165, 1.54) is 29.8 Å². The van der Waals surface area contributed by atoms with E-state index in [0.717, 1.165) is 29.8 Å². The van der Waals surface area contributed by atoms with Gasteiger partial charge in [-0.15, -0.1) is 0 Å². The molecular formula is C25H25F2NO2. The van der Waals surface area contributed by atoms with Crippen LogP contribution in [-0.2, 0) is 24.2 Å². The Balaban J connectivity index is 1.57. The summed E-state index contributed by atoms with van der Waals surface area (Å²) in [5.41, 5.74) is 4.16. The second-order valence-corrected chi connectivity index (χ2v) is 7.55. The lowest BCUT2D eigenvalue weighted by molar-refractivity contribution is 0.0757. The molecule has 1 heterocycles. The monoisotopic (exact) mass is 409 g/mol. The van der Waals surface area contributed by atoms with Crippen molar-refractivity contribution in [1.82, 2.24) is 4.90 Å². The highest BCUT2D eigenvalue weighted by Crippen LogP contribution is 2.24. The van der Waals surface area contributed by atoms with Gasteiger partial charge >= 0.3 is 0 Å². The first kappa shape index (κ1) is 20.5. The molecule has 0 atom stereocenters. The molecule has 1 aliphatic rings. The summed E-state index contributed by atoms with van der Waals surface area (Å²) in [4.78, 5) is 2.28. The van der Waals surface area contributed by atoms with Crippen LogP contribution in [0.5, 0.6) is 5.75 Å². The summed E-state index contributed by atoms with van der Waals surface area (Å²) in [6.07, 6.45) is 0.597. The Morgan fingerprint density at radius 2 is 1.60 bits per heavy atom. The number of hydrogen-bond donors (Lipinski definition) is 0. The molecule has 4 rings (SSSR count). The van der Waals surface area contributed by atoms with Gasteiger partial charge in [0.05, 0.1) is 13.2 Å². The number of halogens is 2. The average Bonchev–Trinajstić information content (AvgIpc) is 2.73. The largest absolute Gasteiger partial charge is 0.491 e. The van der Waals surface area contributed by atoms with Crippen molar-refractivity contribution in [3.8, 4) is 5.75 Å². The minimum Gasteiger partial charge on any atom is -0.491 e. The van der Waals surface area contributed by atoms with E-state index >= 15 is 0 Å². The van der Waals surface area contributed by atoms with Crippen molar-refractivity contribution in [2.24, 2.45) is 0 Å². The van der Waals surface area contributed by atoms with Gasteiger partial charge in [0.1, 0.15) is 24.0 Å². The van der Waals surface area contributed by atoms with Gasteiger partial charge in [-0.3, -0.25) is 4.90 Å². The van der Waals surface area contributed by atoms with Crippen LogP contribution >= 0.6 is 0 Å². The molecule has 0 aliphatic carbocycles. The smallest absolute Gasteiger partial charge is 0.123 e. The topological polar surface area (TPSA) is 21.7 Å². The van der Waals surface area contributed by atoms with Crippen molar-refractivity contribution < 1.29 is 18.3 Å². The van der Waals surface area contributed by atoms with E-state index in [9.17, 15) is 8.78 Å². The molecule has 0 saturated heterocycles. The molecular weight excluding hydrogens is 384 g/mol. The maximum absolute atomic E-state index is 13.8.